The molecular weight excluding hydrogens is 304 g/mol. The third-order valence-electron chi connectivity index (χ3n) is 2.83. The lowest BCUT2D eigenvalue weighted by molar-refractivity contribution is 0.0923. The van der Waals surface area contributed by atoms with Crippen LogP contribution in [-0.2, 0) is 9.57 Å². The summed E-state index contributed by atoms with van der Waals surface area (Å²) in [5.74, 6) is 0. The van der Waals surface area contributed by atoms with Gasteiger partial charge in [0.15, 0.2) is 0 Å². The van der Waals surface area contributed by atoms with Gasteiger partial charge in [-0.15, -0.1) is 0 Å². The minimum Gasteiger partial charge on any atom is -0.451 e. The number of hydrogen-bond acceptors (Lipinski definition) is 4. The molecule has 0 radical (unpaired) electrons. The maximum absolute atomic E-state index is 11.8. The van der Waals surface area contributed by atoms with E-state index in [1.807, 2.05) is 30.3 Å². The summed E-state index contributed by atoms with van der Waals surface area (Å²) >= 11 is 6.13. The van der Waals surface area contributed by atoms with Crippen molar-refractivity contribution in [2.45, 2.75) is 6.92 Å². The molecule has 0 unspecified atom stereocenters. The predicted molar refractivity (Wildman–Crippen MR) is 87.7 cm³/mol. The summed E-state index contributed by atoms with van der Waals surface area (Å²) in [6.45, 7) is 2.14. The molecule has 116 valence electrons. The molecule has 0 fully saturated rings. The molecule has 0 saturated heterocycles. The van der Waals surface area contributed by atoms with Gasteiger partial charge in [0.1, 0.15) is 0 Å². The van der Waals surface area contributed by atoms with Gasteiger partial charge in [0, 0.05) is 5.69 Å². The summed E-state index contributed by atoms with van der Waals surface area (Å²) in [6, 6.07) is 14.6. The first-order valence-electron chi connectivity index (χ1n) is 6.78. The Morgan fingerprint density at radius 3 is 2.68 bits per heavy atom. The van der Waals surface area contributed by atoms with Crippen LogP contribution in [-0.4, -0.2) is 19.8 Å². The summed E-state index contributed by atoms with van der Waals surface area (Å²) in [7, 11) is 1.31. The number of benzene rings is 2. The SMILES string of the molecule is CCON(C(=O)OC)c1cccc(Nc2ccccc2Cl)c1. The van der Waals surface area contributed by atoms with Crippen LogP contribution in [0.15, 0.2) is 48.5 Å². The molecule has 22 heavy (non-hydrogen) atoms. The number of hydrogen-bond donors (Lipinski definition) is 1. The normalized spacial score (nSPS) is 10.1. The zero-order chi connectivity index (χ0) is 15.9. The van der Waals surface area contributed by atoms with Gasteiger partial charge in [0.2, 0.25) is 0 Å². The van der Waals surface area contributed by atoms with Crippen molar-refractivity contribution < 1.29 is 14.4 Å². The van der Waals surface area contributed by atoms with Gasteiger partial charge in [-0.3, -0.25) is 4.84 Å². The Balaban J connectivity index is 2.25. The standard InChI is InChI=1S/C16H17ClN2O3/c1-3-22-19(16(20)21-2)13-8-6-7-12(11-13)18-15-10-5-4-9-14(15)17/h4-11,18H,3H2,1-2H3. The van der Waals surface area contributed by atoms with Gasteiger partial charge >= 0.3 is 6.09 Å². The summed E-state index contributed by atoms with van der Waals surface area (Å²) in [5, 5.41) is 4.92. The Hall–Kier alpha value is -2.24. The highest BCUT2D eigenvalue weighted by Gasteiger charge is 2.17. The van der Waals surface area contributed by atoms with Gasteiger partial charge in [-0.05, 0) is 37.3 Å². The van der Waals surface area contributed by atoms with Gasteiger partial charge in [0.05, 0.1) is 30.1 Å². The molecule has 2 aromatic carbocycles. The number of para-hydroxylation sites is 1. The van der Waals surface area contributed by atoms with E-state index in [-0.39, 0.29) is 0 Å². The molecular formula is C16H17ClN2O3. The first kappa shape index (κ1) is 16.1. The number of nitrogens with one attached hydrogen (secondary N) is 1. The van der Waals surface area contributed by atoms with Gasteiger partial charge in [-0.2, -0.15) is 5.06 Å². The van der Waals surface area contributed by atoms with Crippen molar-refractivity contribution in [1.82, 2.24) is 0 Å². The predicted octanol–water partition coefficient (Wildman–Crippen LogP) is 4.61. The highest BCUT2D eigenvalue weighted by atomic mass is 35.5. The van der Waals surface area contributed by atoms with Gasteiger partial charge in [0.25, 0.3) is 0 Å². The summed E-state index contributed by atoms with van der Waals surface area (Å²) in [4.78, 5) is 17.1. The zero-order valence-corrected chi connectivity index (χ0v) is 13.1. The number of hydroxylamine groups is 1. The Kier molecular flexibility index (Phi) is 5.63. The van der Waals surface area contributed by atoms with Crippen molar-refractivity contribution in [1.29, 1.82) is 0 Å². The fraction of sp³-hybridized carbons (Fsp3) is 0.188. The molecule has 0 atom stereocenters. The van der Waals surface area contributed by atoms with Crippen LogP contribution in [0.4, 0.5) is 21.9 Å². The number of anilines is 3. The first-order chi connectivity index (χ1) is 10.7. The van der Waals surface area contributed by atoms with Crippen LogP contribution in [0.3, 0.4) is 0 Å². The molecule has 0 aliphatic rings. The third-order valence-corrected chi connectivity index (χ3v) is 3.16. The molecule has 0 aromatic heterocycles. The number of carbonyl (C=O) groups excluding carboxylic acids is 1. The van der Waals surface area contributed by atoms with E-state index < -0.39 is 6.09 Å². The van der Waals surface area contributed by atoms with E-state index in [4.69, 9.17) is 21.2 Å². The molecule has 0 aliphatic heterocycles. The number of carbonyl (C=O) groups is 1. The van der Waals surface area contributed by atoms with Crippen molar-refractivity contribution in [2.24, 2.45) is 0 Å². The minimum atomic E-state index is -0.586. The molecule has 0 spiro atoms. The molecule has 2 rings (SSSR count). The van der Waals surface area contributed by atoms with Crippen molar-refractivity contribution in [3.63, 3.8) is 0 Å². The Bertz CT molecular complexity index is 649. The van der Waals surface area contributed by atoms with Crippen LogP contribution in [0.25, 0.3) is 0 Å². The number of methoxy groups -OCH3 is 1. The average molecular weight is 321 g/mol. The molecule has 2 aromatic rings. The van der Waals surface area contributed by atoms with E-state index in [1.165, 1.54) is 7.11 Å². The molecule has 6 heteroatoms. The number of amides is 1. The smallest absolute Gasteiger partial charge is 0.438 e. The molecule has 5 nitrogen and oxygen atoms in total. The van der Waals surface area contributed by atoms with Gasteiger partial charge in [-0.1, -0.05) is 29.8 Å². The van der Waals surface area contributed by atoms with Crippen LogP contribution in [0.1, 0.15) is 6.92 Å². The fourth-order valence-corrected chi connectivity index (χ4v) is 2.06. The largest absolute Gasteiger partial charge is 0.451 e. The summed E-state index contributed by atoms with van der Waals surface area (Å²) in [5.41, 5.74) is 2.12. The Morgan fingerprint density at radius 2 is 2.00 bits per heavy atom. The number of nitrogens with zero attached hydrogens (tertiary/aromatic N) is 1. The van der Waals surface area contributed by atoms with Crippen LogP contribution in [0.2, 0.25) is 5.02 Å². The molecule has 0 aliphatic carbocycles. The second-order valence-corrected chi connectivity index (χ2v) is 4.74. The van der Waals surface area contributed by atoms with E-state index in [9.17, 15) is 4.79 Å². The highest BCUT2D eigenvalue weighted by molar-refractivity contribution is 6.33. The van der Waals surface area contributed by atoms with Gasteiger partial charge < -0.3 is 10.1 Å². The van der Waals surface area contributed by atoms with E-state index in [1.54, 1.807) is 25.1 Å². The molecule has 1 N–H and O–H groups in total. The number of rotatable bonds is 5. The average Bonchev–Trinajstić information content (AvgIpc) is 2.54. The van der Waals surface area contributed by atoms with Crippen molar-refractivity contribution in [2.75, 3.05) is 24.1 Å². The topological polar surface area (TPSA) is 50.8 Å². The maximum Gasteiger partial charge on any atom is 0.438 e. The van der Waals surface area contributed by atoms with Crippen LogP contribution in [0, 0.1) is 0 Å². The monoisotopic (exact) mass is 320 g/mol. The van der Waals surface area contributed by atoms with Crippen molar-refractivity contribution in [3.8, 4) is 0 Å². The van der Waals surface area contributed by atoms with E-state index in [0.29, 0.717) is 17.3 Å². The Morgan fingerprint density at radius 1 is 1.23 bits per heavy atom. The molecule has 0 saturated carbocycles. The van der Waals surface area contributed by atoms with Crippen LogP contribution >= 0.6 is 11.6 Å². The van der Waals surface area contributed by atoms with Crippen molar-refractivity contribution >= 4 is 34.8 Å². The number of ether oxygens (including phenoxy) is 1. The molecule has 0 heterocycles. The second-order valence-electron chi connectivity index (χ2n) is 4.34. The van der Waals surface area contributed by atoms with Crippen LogP contribution in [0.5, 0.6) is 0 Å². The second kappa shape index (κ2) is 7.68. The first-order valence-corrected chi connectivity index (χ1v) is 7.16. The van der Waals surface area contributed by atoms with E-state index in [2.05, 4.69) is 5.32 Å². The molecule has 1 amide bonds. The summed E-state index contributed by atoms with van der Waals surface area (Å²) < 4.78 is 4.72. The van der Waals surface area contributed by atoms with Crippen LogP contribution < -0.4 is 10.4 Å². The van der Waals surface area contributed by atoms with Crippen molar-refractivity contribution in [3.05, 3.63) is 53.6 Å². The number of halogens is 1. The lowest BCUT2D eigenvalue weighted by Crippen LogP contribution is -2.30. The highest BCUT2D eigenvalue weighted by Crippen LogP contribution is 2.27. The summed E-state index contributed by atoms with van der Waals surface area (Å²) in [6.07, 6.45) is -0.586. The van der Waals surface area contributed by atoms with E-state index >= 15 is 0 Å². The van der Waals surface area contributed by atoms with Gasteiger partial charge in [-0.25, -0.2) is 4.79 Å². The van der Waals surface area contributed by atoms with E-state index in [0.717, 1.165) is 16.4 Å². The lowest BCUT2D eigenvalue weighted by Gasteiger charge is -2.20. The minimum absolute atomic E-state index is 0.345. The lowest BCUT2D eigenvalue weighted by atomic mass is 10.2. The maximum atomic E-state index is 11.8. The zero-order valence-electron chi connectivity index (χ0n) is 12.4. The fourth-order valence-electron chi connectivity index (χ4n) is 1.87. The Labute approximate surface area is 134 Å². The third kappa shape index (κ3) is 3.90. The quantitative estimate of drug-likeness (QED) is 0.817. The molecule has 0 bridgehead atoms.